The third kappa shape index (κ3) is 2.65. The zero-order valence-electron chi connectivity index (χ0n) is 11.8. The van der Waals surface area contributed by atoms with E-state index >= 15 is 0 Å². The van der Waals surface area contributed by atoms with Crippen LogP contribution in [0.1, 0.15) is 35.8 Å². The summed E-state index contributed by atoms with van der Waals surface area (Å²) in [6.07, 6.45) is 3.54. The monoisotopic (exact) mass is 273 g/mol. The van der Waals surface area contributed by atoms with Crippen LogP contribution in [0.4, 0.5) is 0 Å². The van der Waals surface area contributed by atoms with Crippen LogP contribution < -0.4 is 10.1 Å². The largest absolute Gasteiger partial charge is 0.485 e. The highest BCUT2D eigenvalue weighted by Gasteiger charge is 2.19. The second-order valence-electron chi connectivity index (χ2n) is 5.08. The molecule has 1 aromatic heterocycles. The van der Waals surface area contributed by atoms with E-state index in [1.54, 1.807) is 7.05 Å². The van der Waals surface area contributed by atoms with E-state index in [2.05, 4.69) is 32.9 Å². The number of aromatic nitrogens is 4. The Morgan fingerprint density at radius 1 is 1.45 bits per heavy atom. The zero-order chi connectivity index (χ0) is 13.9. The van der Waals surface area contributed by atoms with Gasteiger partial charge in [-0.1, -0.05) is 6.07 Å². The molecule has 0 spiro atoms. The number of hydrogen-bond acceptors (Lipinski definition) is 5. The van der Waals surface area contributed by atoms with Gasteiger partial charge in [0, 0.05) is 6.04 Å². The molecule has 1 unspecified atom stereocenters. The SMILES string of the molecule is CNC1CCCc2cc(OCc3nnn(C)n3)ccc21. The molecule has 1 aliphatic carbocycles. The van der Waals surface area contributed by atoms with Crippen LogP contribution in [0.2, 0.25) is 0 Å². The number of nitrogens with one attached hydrogen (secondary N) is 1. The second kappa shape index (κ2) is 5.58. The molecule has 0 saturated heterocycles. The van der Waals surface area contributed by atoms with Gasteiger partial charge in [0.25, 0.3) is 0 Å². The second-order valence-corrected chi connectivity index (χ2v) is 5.08. The van der Waals surface area contributed by atoms with Crippen molar-refractivity contribution in [3.63, 3.8) is 0 Å². The summed E-state index contributed by atoms with van der Waals surface area (Å²) in [5.41, 5.74) is 2.77. The summed E-state index contributed by atoms with van der Waals surface area (Å²) in [7, 11) is 3.76. The highest BCUT2D eigenvalue weighted by Crippen LogP contribution is 2.31. The fourth-order valence-electron chi connectivity index (χ4n) is 2.71. The highest BCUT2D eigenvalue weighted by atomic mass is 16.5. The van der Waals surface area contributed by atoms with Gasteiger partial charge in [-0.15, -0.1) is 10.2 Å². The van der Waals surface area contributed by atoms with Crippen LogP contribution in [0.5, 0.6) is 5.75 Å². The molecule has 6 heteroatoms. The molecule has 20 heavy (non-hydrogen) atoms. The first-order chi connectivity index (χ1) is 9.76. The molecular formula is C14H19N5O. The minimum absolute atomic E-state index is 0.349. The standard InChI is InChI=1S/C14H19N5O/c1-15-13-5-3-4-10-8-11(6-7-12(10)13)20-9-14-16-18-19(2)17-14/h6-8,13,15H,3-5,9H2,1-2H3. The van der Waals surface area contributed by atoms with Crippen molar-refractivity contribution in [3.8, 4) is 5.75 Å². The van der Waals surface area contributed by atoms with Gasteiger partial charge in [-0.05, 0) is 54.8 Å². The molecular weight excluding hydrogens is 254 g/mol. The van der Waals surface area contributed by atoms with E-state index in [1.807, 2.05) is 13.1 Å². The van der Waals surface area contributed by atoms with Gasteiger partial charge in [-0.2, -0.15) is 4.80 Å². The Balaban J connectivity index is 1.72. The average Bonchev–Trinajstić information content (AvgIpc) is 2.89. The van der Waals surface area contributed by atoms with Crippen molar-refractivity contribution >= 4 is 0 Å². The van der Waals surface area contributed by atoms with E-state index < -0.39 is 0 Å². The van der Waals surface area contributed by atoms with Gasteiger partial charge >= 0.3 is 0 Å². The minimum Gasteiger partial charge on any atom is -0.485 e. The molecule has 0 radical (unpaired) electrons. The van der Waals surface area contributed by atoms with Crippen LogP contribution in [0, 0.1) is 0 Å². The van der Waals surface area contributed by atoms with E-state index in [0.717, 1.165) is 12.2 Å². The summed E-state index contributed by atoms with van der Waals surface area (Å²) >= 11 is 0. The van der Waals surface area contributed by atoms with Crippen molar-refractivity contribution in [2.75, 3.05) is 7.05 Å². The molecule has 3 rings (SSSR count). The predicted octanol–water partition coefficient (Wildman–Crippen LogP) is 1.39. The summed E-state index contributed by atoms with van der Waals surface area (Å²) < 4.78 is 5.74. The van der Waals surface area contributed by atoms with Crippen molar-refractivity contribution < 1.29 is 4.74 Å². The Labute approximate surface area is 118 Å². The van der Waals surface area contributed by atoms with Crippen LogP contribution in [-0.2, 0) is 20.1 Å². The quantitative estimate of drug-likeness (QED) is 0.912. The van der Waals surface area contributed by atoms with E-state index in [9.17, 15) is 0 Å². The summed E-state index contributed by atoms with van der Waals surface area (Å²) in [4.78, 5) is 1.43. The lowest BCUT2D eigenvalue weighted by Crippen LogP contribution is -2.21. The molecule has 0 amide bonds. The van der Waals surface area contributed by atoms with Gasteiger partial charge in [0.05, 0.1) is 7.05 Å². The first-order valence-electron chi connectivity index (χ1n) is 6.92. The van der Waals surface area contributed by atoms with E-state index in [4.69, 9.17) is 4.74 Å². The molecule has 0 aliphatic heterocycles. The number of hydrogen-bond donors (Lipinski definition) is 1. The van der Waals surface area contributed by atoms with E-state index in [-0.39, 0.29) is 0 Å². The summed E-state index contributed by atoms with van der Waals surface area (Å²) in [6.45, 7) is 0.349. The molecule has 1 heterocycles. The lowest BCUT2D eigenvalue weighted by molar-refractivity contribution is 0.294. The van der Waals surface area contributed by atoms with Gasteiger partial charge in [0.15, 0.2) is 6.61 Å². The lowest BCUT2D eigenvalue weighted by atomic mass is 9.87. The van der Waals surface area contributed by atoms with Crippen molar-refractivity contribution in [2.45, 2.75) is 31.9 Å². The van der Waals surface area contributed by atoms with Crippen LogP contribution in [0.25, 0.3) is 0 Å². The number of rotatable bonds is 4. The van der Waals surface area contributed by atoms with Gasteiger partial charge in [0.2, 0.25) is 5.82 Å². The van der Waals surface area contributed by atoms with Gasteiger partial charge in [-0.3, -0.25) is 0 Å². The maximum absolute atomic E-state index is 5.74. The molecule has 1 aromatic carbocycles. The third-order valence-electron chi connectivity index (χ3n) is 3.69. The minimum atomic E-state index is 0.349. The number of fused-ring (bicyclic) bond motifs is 1. The lowest BCUT2D eigenvalue weighted by Gasteiger charge is -2.25. The summed E-state index contributed by atoms with van der Waals surface area (Å²) in [5.74, 6) is 1.46. The first kappa shape index (κ1) is 13.1. The van der Waals surface area contributed by atoms with Crippen molar-refractivity contribution in [1.82, 2.24) is 25.5 Å². The summed E-state index contributed by atoms with van der Waals surface area (Å²) in [5, 5.41) is 15.2. The molecule has 2 aromatic rings. The fraction of sp³-hybridized carbons (Fsp3) is 0.500. The highest BCUT2D eigenvalue weighted by molar-refractivity contribution is 5.39. The number of ether oxygens (including phenoxy) is 1. The van der Waals surface area contributed by atoms with Gasteiger partial charge < -0.3 is 10.1 Å². The Bertz CT molecular complexity index is 595. The smallest absolute Gasteiger partial charge is 0.212 e. The molecule has 0 fully saturated rings. The number of tetrazole rings is 1. The zero-order valence-corrected chi connectivity index (χ0v) is 11.8. The van der Waals surface area contributed by atoms with Crippen molar-refractivity contribution in [3.05, 3.63) is 35.2 Å². The topological polar surface area (TPSA) is 64.9 Å². The molecule has 0 bridgehead atoms. The van der Waals surface area contributed by atoms with Crippen molar-refractivity contribution in [1.29, 1.82) is 0 Å². The molecule has 1 N–H and O–H groups in total. The maximum atomic E-state index is 5.74. The first-order valence-corrected chi connectivity index (χ1v) is 6.92. The van der Waals surface area contributed by atoms with Crippen LogP contribution in [0.3, 0.4) is 0 Å². The molecule has 6 nitrogen and oxygen atoms in total. The van der Waals surface area contributed by atoms with E-state index in [0.29, 0.717) is 18.5 Å². The van der Waals surface area contributed by atoms with Crippen molar-refractivity contribution in [2.24, 2.45) is 7.05 Å². The Kier molecular flexibility index (Phi) is 3.64. The fourth-order valence-corrected chi connectivity index (χ4v) is 2.71. The van der Waals surface area contributed by atoms with Crippen LogP contribution >= 0.6 is 0 Å². The number of aryl methyl sites for hydroxylation is 2. The average molecular weight is 273 g/mol. The number of nitrogens with zero attached hydrogens (tertiary/aromatic N) is 4. The number of benzene rings is 1. The summed E-state index contributed by atoms with van der Waals surface area (Å²) in [6, 6.07) is 6.78. The molecule has 0 saturated carbocycles. The Hall–Kier alpha value is -1.95. The van der Waals surface area contributed by atoms with Gasteiger partial charge in [0.1, 0.15) is 5.75 Å². The maximum Gasteiger partial charge on any atom is 0.212 e. The molecule has 1 atom stereocenters. The predicted molar refractivity (Wildman–Crippen MR) is 74.3 cm³/mol. The Morgan fingerprint density at radius 2 is 2.35 bits per heavy atom. The van der Waals surface area contributed by atoms with Gasteiger partial charge in [-0.25, -0.2) is 0 Å². The normalized spacial score (nSPS) is 17.8. The van der Waals surface area contributed by atoms with Crippen LogP contribution in [0.15, 0.2) is 18.2 Å². The molecule has 106 valence electrons. The van der Waals surface area contributed by atoms with E-state index in [1.165, 1.54) is 28.8 Å². The van der Waals surface area contributed by atoms with Crippen LogP contribution in [-0.4, -0.2) is 27.3 Å². The Morgan fingerprint density at radius 3 is 3.10 bits per heavy atom. The molecule has 1 aliphatic rings. The third-order valence-corrected chi connectivity index (χ3v) is 3.69.